The Bertz CT molecular complexity index is 2970. The van der Waals surface area contributed by atoms with Crippen LogP contribution in [0.2, 0.25) is 0 Å². The van der Waals surface area contributed by atoms with E-state index < -0.39 is 35.9 Å². The number of hydrogen-bond acceptors (Lipinski definition) is 9. The highest BCUT2D eigenvalue weighted by atomic mass is 19.1. The lowest BCUT2D eigenvalue weighted by Gasteiger charge is -2.36. The zero-order chi connectivity index (χ0) is 52.6. The molecule has 4 N–H and O–H groups in total. The highest BCUT2D eigenvalue weighted by Gasteiger charge is 2.52. The van der Waals surface area contributed by atoms with Crippen LogP contribution in [0.1, 0.15) is 158 Å². The first-order valence-electron chi connectivity index (χ1n) is 27.6. The summed E-state index contributed by atoms with van der Waals surface area (Å²) in [5, 5.41) is 12.8. The minimum absolute atomic E-state index is 0.00831. The van der Waals surface area contributed by atoms with Gasteiger partial charge in [-0.25, -0.2) is 28.3 Å². The number of anilines is 2. The van der Waals surface area contributed by atoms with Crippen molar-refractivity contribution in [1.82, 2.24) is 40.0 Å². The van der Waals surface area contributed by atoms with Gasteiger partial charge in [0.15, 0.2) is 11.6 Å². The summed E-state index contributed by atoms with van der Waals surface area (Å²) < 4.78 is 38.1. The molecule has 1 unspecified atom stereocenters. The van der Waals surface area contributed by atoms with Crippen LogP contribution in [0.25, 0.3) is 22.1 Å². The van der Waals surface area contributed by atoms with E-state index in [4.69, 9.17) is 14.7 Å². The molecule has 10 atom stereocenters. The maximum Gasteiger partial charge on any atom is 0.407 e. The number of nitrogens with zero attached hydrogens (tertiary/aromatic N) is 7. The highest BCUT2D eigenvalue weighted by molar-refractivity contribution is 5.88. The molecule has 0 bridgehead atoms. The van der Waals surface area contributed by atoms with Gasteiger partial charge in [-0.15, -0.1) is 0 Å². The maximum atomic E-state index is 16.6. The first-order valence-corrected chi connectivity index (χ1v) is 27.6. The molecule has 400 valence electrons. The summed E-state index contributed by atoms with van der Waals surface area (Å²) in [6, 6.07) is 12.4. The van der Waals surface area contributed by atoms with Crippen molar-refractivity contribution >= 4 is 57.4 Å². The van der Waals surface area contributed by atoms with E-state index in [1.165, 1.54) is 26.3 Å². The van der Waals surface area contributed by atoms with Gasteiger partial charge in [-0.2, -0.15) is 0 Å². The van der Waals surface area contributed by atoms with Gasteiger partial charge in [-0.1, -0.05) is 52.7 Å². The average Bonchev–Trinajstić information content (AvgIpc) is 4.25. The number of fused-ring (bicyclic) bond motifs is 4. The summed E-state index contributed by atoms with van der Waals surface area (Å²) in [5.41, 5.74) is 5.42. The predicted molar refractivity (Wildman–Crippen MR) is 281 cm³/mol. The van der Waals surface area contributed by atoms with Gasteiger partial charge in [-0.05, 0) is 142 Å². The number of likely N-dealkylation sites (tertiary alicyclic amines) is 2. The van der Waals surface area contributed by atoms with Crippen LogP contribution in [0.5, 0.6) is 0 Å². The van der Waals surface area contributed by atoms with Crippen LogP contribution in [0.3, 0.4) is 0 Å². The van der Waals surface area contributed by atoms with E-state index in [9.17, 15) is 24.3 Å². The molecule has 75 heavy (non-hydrogen) atoms. The number of rotatable bonds is 12. The van der Waals surface area contributed by atoms with E-state index in [1.54, 1.807) is 0 Å². The number of H-pyrrole nitrogens is 2. The van der Waals surface area contributed by atoms with Gasteiger partial charge in [-0.3, -0.25) is 14.5 Å². The van der Waals surface area contributed by atoms with Crippen molar-refractivity contribution in [1.29, 1.82) is 0 Å². The second kappa shape index (κ2) is 20.2. The van der Waals surface area contributed by atoms with Gasteiger partial charge in [0.2, 0.25) is 11.8 Å². The van der Waals surface area contributed by atoms with Crippen molar-refractivity contribution < 1.29 is 37.8 Å². The minimum atomic E-state index is -1.14. The molecule has 0 radical (unpaired) electrons. The molecule has 5 aromatic rings. The predicted octanol–water partition coefficient (Wildman–Crippen LogP) is 10.7. The van der Waals surface area contributed by atoms with E-state index in [1.807, 2.05) is 60.6 Å². The molecule has 2 aliphatic carbocycles. The Morgan fingerprint density at radius 1 is 0.693 bits per heavy atom. The van der Waals surface area contributed by atoms with Crippen LogP contribution >= 0.6 is 0 Å². The third-order valence-electron chi connectivity index (χ3n) is 18.0. The summed E-state index contributed by atoms with van der Waals surface area (Å²) in [5.74, 6) is 0.0609. The molecule has 4 aliphatic heterocycles. The number of ether oxygens (including phenoxy) is 1. The summed E-state index contributed by atoms with van der Waals surface area (Å²) in [7, 11) is 2.76. The van der Waals surface area contributed by atoms with Crippen molar-refractivity contribution in [2.75, 3.05) is 37.0 Å². The number of likely N-dealkylation sites (N-methyl/N-ethyl adjacent to an activating group) is 1. The molecule has 16 nitrogen and oxygen atoms in total. The SMILES string of the molecule is COC(=O)N[C@H](C(=O)N1C(c2nc3ccc([C@H]4CC[C@H](c5ccc6nc([C@@H]7C[C@@H]8CCC[C@@H]8N7C(=O)[C@H](C(C)C)N(C)C(=O)O)[nH]c6c5)N4c4cc(F)c(N5CCCCC5)c(F)c4)cc3[nH]2)C[C@@H]2CCC[C@@H]21)C(C)C. The Morgan fingerprint density at radius 2 is 1.21 bits per heavy atom. The van der Waals surface area contributed by atoms with Crippen LogP contribution in [-0.4, -0.2) is 115 Å². The number of methoxy groups -OCH3 is 1. The normalized spacial score (nSPS) is 26.4. The smallest absolute Gasteiger partial charge is 0.407 e. The Morgan fingerprint density at radius 3 is 1.69 bits per heavy atom. The molecule has 6 aliphatic rings. The zero-order valence-corrected chi connectivity index (χ0v) is 44.0. The molecule has 11 rings (SSSR count). The number of hydrogen-bond donors (Lipinski definition) is 4. The fourth-order valence-corrected chi connectivity index (χ4v) is 14.5. The monoisotopic (exact) mass is 1030 g/mol. The van der Waals surface area contributed by atoms with Gasteiger partial charge in [0, 0.05) is 37.9 Å². The Hall–Kier alpha value is -6.46. The Kier molecular flexibility index (Phi) is 13.7. The van der Waals surface area contributed by atoms with Crippen LogP contribution in [0.4, 0.5) is 29.7 Å². The van der Waals surface area contributed by atoms with Gasteiger partial charge in [0.25, 0.3) is 0 Å². The second-order valence-electron chi connectivity index (χ2n) is 23.1. The van der Waals surface area contributed by atoms with Gasteiger partial charge in [0.1, 0.15) is 29.4 Å². The summed E-state index contributed by atoms with van der Waals surface area (Å²) in [6.45, 7) is 8.80. The van der Waals surface area contributed by atoms with Crippen molar-refractivity contribution in [2.45, 2.75) is 160 Å². The zero-order valence-electron chi connectivity index (χ0n) is 44.0. The lowest BCUT2D eigenvalue weighted by molar-refractivity contribution is -0.141. The van der Waals surface area contributed by atoms with Crippen molar-refractivity contribution in [3.63, 3.8) is 0 Å². The molecule has 0 spiro atoms. The number of imidazole rings is 2. The quantitative estimate of drug-likeness (QED) is 0.0938. The van der Waals surface area contributed by atoms with E-state index in [-0.39, 0.29) is 65.6 Å². The lowest BCUT2D eigenvalue weighted by atomic mass is 10.00. The molecule has 2 saturated carbocycles. The van der Waals surface area contributed by atoms with Gasteiger partial charge >= 0.3 is 12.2 Å². The van der Waals surface area contributed by atoms with Crippen molar-refractivity contribution in [3.8, 4) is 0 Å². The largest absolute Gasteiger partial charge is 0.465 e. The number of carboxylic acid groups (broad SMARTS) is 1. The average molecular weight is 1030 g/mol. The van der Waals surface area contributed by atoms with E-state index >= 15 is 8.78 Å². The fourth-order valence-electron chi connectivity index (χ4n) is 14.5. The summed E-state index contributed by atoms with van der Waals surface area (Å²) in [4.78, 5) is 80.1. The number of aromatic nitrogens is 4. The van der Waals surface area contributed by atoms with Gasteiger partial charge in [0.05, 0.1) is 53.3 Å². The number of carbonyl (C=O) groups excluding carboxylic acids is 3. The number of nitrogens with one attached hydrogen (secondary N) is 3. The van der Waals surface area contributed by atoms with E-state index in [2.05, 4.69) is 38.4 Å². The molecular weight excluding hydrogens is 959 g/mol. The first kappa shape index (κ1) is 50.7. The van der Waals surface area contributed by atoms with E-state index in [0.29, 0.717) is 55.1 Å². The summed E-state index contributed by atoms with van der Waals surface area (Å²) in [6.07, 6.45) is 9.69. The Balaban J connectivity index is 0.933. The number of halogens is 2. The molecule has 4 saturated heterocycles. The number of aromatic amines is 2. The first-order chi connectivity index (χ1) is 36.1. The van der Waals surface area contributed by atoms with Crippen LogP contribution in [-0.2, 0) is 14.3 Å². The number of alkyl carbamates (subject to hydrolysis) is 1. The molecule has 4 amide bonds. The maximum absolute atomic E-state index is 16.6. The fraction of sp³-hybridized carbons (Fsp3) is 0.579. The molecule has 2 aromatic heterocycles. The van der Waals surface area contributed by atoms with E-state index in [0.717, 1.165) is 109 Å². The number of benzene rings is 3. The third kappa shape index (κ3) is 9.10. The highest BCUT2D eigenvalue weighted by Crippen LogP contribution is 2.52. The topological polar surface area (TPSA) is 183 Å². The van der Waals surface area contributed by atoms with Crippen LogP contribution in [0.15, 0.2) is 48.5 Å². The number of carbonyl (C=O) groups is 4. The third-order valence-corrected chi connectivity index (χ3v) is 18.0. The lowest BCUT2D eigenvalue weighted by Crippen LogP contribution is -2.53. The molecule has 3 aromatic carbocycles. The molecule has 18 heteroatoms. The number of piperidine rings is 1. The Labute approximate surface area is 436 Å². The molecular formula is C57H72F2N10O6. The molecule has 6 heterocycles. The standard InChI is InChI=1S/C57H72F2N10O6/c1-30(2)49(64-56(72)75-6)54(70)68-43-14-10-12-32(43)26-47(68)52-60-39-18-16-34(24-41(39)62-52)45-20-21-46(67(45)36-28-37(58)51(38(59)29-36)66-22-8-7-9-23-66)35-17-19-40-42(25-35)63-53(61-40)48-27-33-13-11-15-44(33)69(48)55(71)50(31(3)4)65(5)57(73)74/h16-19,24-25,28-33,43-50H,7-15,20-23,26-27H2,1-6H3,(H,60,62)(H,61,63)(H,64,72)(H,73,74)/t32-,33-,43-,44-,45+,46+,47?,48-,49-,50-/m0/s1. The van der Waals surface area contributed by atoms with Crippen molar-refractivity contribution in [3.05, 3.63) is 82.9 Å². The van der Waals surface area contributed by atoms with Crippen LogP contribution < -0.4 is 15.1 Å². The molecule has 6 fully saturated rings. The van der Waals surface area contributed by atoms with Crippen LogP contribution in [0, 0.1) is 35.3 Å². The second-order valence-corrected chi connectivity index (χ2v) is 23.1. The minimum Gasteiger partial charge on any atom is -0.465 e. The number of amides is 4. The van der Waals surface area contributed by atoms with Gasteiger partial charge < -0.3 is 44.7 Å². The summed E-state index contributed by atoms with van der Waals surface area (Å²) >= 11 is 0. The van der Waals surface area contributed by atoms with Crippen molar-refractivity contribution in [2.24, 2.45) is 23.7 Å².